The summed E-state index contributed by atoms with van der Waals surface area (Å²) in [6.07, 6.45) is 1.58. The summed E-state index contributed by atoms with van der Waals surface area (Å²) in [5, 5.41) is 0.466. The van der Waals surface area contributed by atoms with Crippen molar-refractivity contribution in [3.8, 4) is 0 Å². The van der Waals surface area contributed by atoms with E-state index in [1.54, 1.807) is 41.5 Å². The molecule has 0 bridgehead atoms. The minimum absolute atomic E-state index is 0.0442. The maximum Gasteiger partial charge on any atom is 0.290 e. The largest absolute Gasteiger partial charge is 0.467 e. The summed E-state index contributed by atoms with van der Waals surface area (Å²) >= 11 is 0. The Kier molecular flexibility index (Phi) is 4.70. The zero-order valence-electron chi connectivity index (χ0n) is 14.5. The molecular weight excluding hydrogens is 318 g/mol. The van der Waals surface area contributed by atoms with Crippen molar-refractivity contribution in [3.63, 3.8) is 0 Å². The highest BCUT2D eigenvalue weighted by Gasteiger charge is 2.26. The van der Waals surface area contributed by atoms with E-state index < -0.39 is 0 Å². The third-order valence-corrected chi connectivity index (χ3v) is 4.44. The molecular formula is C19H21N3O3. The normalized spacial score (nSPS) is 12.5. The van der Waals surface area contributed by atoms with E-state index in [1.807, 2.05) is 26.8 Å². The molecule has 6 nitrogen and oxygen atoms in total. The van der Waals surface area contributed by atoms with Crippen molar-refractivity contribution in [2.75, 3.05) is 0 Å². The van der Waals surface area contributed by atoms with E-state index in [2.05, 4.69) is 9.97 Å². The Bertz CT molecular complexity index is 928. The van der Waals surface area contributed by atoms with Crippen molar-refractivity contribution in [3.05, 3.63) is 64.6 Å². The molecule has 2 aromatic heterocycles. The Balaban J connectivity index is 2.00. The van der Waals surface area contributed by atoms with E-state index in [0.717, 1.165) is 0 Å². The van der Waals surface area contributed by atoms with Crippen LogP contribution in [0.5, 0.6) is 0 Å². The first-order valence-electron chi connectivity index (χ1n) is 8.29. The molecule has 0 radical (unpaired) electrons. The van der Waals surface area contributed by atoms with E-state index in [9.17, 15) is 9.59 Å². The lowest BCUT2D eigenvalue weighted by Crippen LogP contribution is -2.42. The van der Waals surface area contributed by atoms with Gasteiger partial charge in [-0.3, -0.25) is 9.59 Å². The third kappa shape index (κ3) is 3.47. The smallest absolute Gasteiger partial charge is 0.290 e. The topological polar surface area (TPSA) is 79.2 Å². The van der Waals surface area contributed by atoms with Gasteiger partial charge in [0.1, 0.15) is 5.76 Å². The number of aromatic nitrogens is 2. The quantitative estimate of drug-likeness (QED) is 0.774. The van der Waals surface area contributed by atoms with Crippen molar-refractivity contribution in [2.24, 2.45) is 5.92 Å². The van der Waals surface area contributed by atoms with Gasteiger partial charge in [-0.05, 0) is 37.1 Å². The number of nitrogens with one attached hydrogen (secondary N) is 1. The molecule has 0 aliphatic rings. The third-order valence-electron chi connectivity index (χ3n) is 4.44. The van der Waals surface area contributed by atoms with Crippen LogP contribution in [0.25, 0.3) is 10.9 Å². The zero-order valence-corrected chi connectivity index (χ0v) is 14.5. The minimum Gasteiger partial charge on any atom is -0.467 e. The van der Waals surface area contributed by atoms with Gasteiger partial charge in [-0.1, -0.05) is 26.0 Å². The molecule has 0 saturated carbocycles. The summed E-state index contributed by atoms with van der Waals surface area (Å²) in [5.74, 6) is 0.651. The van der Waals surface area contributed by atoms with Gasteiger partial charge >= 0.3 is 0 Å². The van der Waals surface area contributed by atoms with Crippen molar-refractivity contribution in [2.45, 2.75) is 33.4 Å². The fourth-order valence-corrected chi connectivity index (χ4v) is 2.65. The van der Waals surface area contributed by atoms with E-state index in [1.165, 1.54) is 0 Å². The second kappa shape index (κ2) is 6.93. The number of rotatable bonds is 5. The number of amides is 1. The average molecular weight is 339 g/mol. The van der Waals surface area contributed by atoms with E-state index in [-0.39, 0.29) is 29.3 Å². The van der Waals surface area contributed by atoms with Crippen LogP contribution in [0.1, 0.15) is 37.2 Å². The Morgan fingerprint density at radius 3 is 2.64 bits per heavy atom. The summed E-state index contributed by atoms with van der Waals surface area (Å²) in [4.78, 5) is 34.0. The van der Waals surface area contributed by atoms with Crippen molar-refractivity contribution >= 4 is 16.8 Å². The molecule has 2 heterocycles. The number of fused-ring (bicyclic) bond motifs is 1. The van der Waals surface area contributed by atoms with E-state index in [4.69, 9.17) is 4.42 Å². The molecule has 0 aliphatic heterocycles. The highest BCUT2D eigenvalue weighted by Crippen LogP contribution is 2.17. The number of benzene rings is 1. The van der Waals surface area contributed by atoms with Gasteiger partial charge in [-0.25, -0.2) is 4.98 Å². The second-order valence-electron chi connectivity index (χ2n) is 6.43. The number of aromatic amines is 1. The summed E-state index contributed by atoms with van der Waals surface area (Å²) in [7, 11) is 0. The molecule has 130 valence electrons. The van der Waals surface area contributed by atoms with Crippen molar-refractivity contribution < 1.29 is 9.21 Å². The first-order chi connectivity index (χ1) is 12.0. The van der Waals surface area contributed by atoms with Crippen molar-refractivity contribution in [1.29, 1.82) is 0 Å². The maximum atomic E-state index is 13.1. The van der Waals surface area contributed by atoms with Crippen LogP contribution in [-0.4, -0.2) is 26.8 Å². The van der Waals surface area contributed by atoms with Gasteiger partial charge in [0.15, 0.2) is 5.82 Å². The molecule has 3 aromatic rings. The van der Waals surface area contributed by atoms with Crippen LogP contribution >= 0.6 is 0 Å². The number of hydrogen-bond acceptors (Lipinski definition) is 4. The van der Waals surface area contributed by atoms with Gasteiger partial charge in [0.05, 0.1) is 23.7 Å². The van der Waals surface area contributed by atoms with E-state index in [0.29, 0.717) is 23.2 Å². The van der Waals surface area contributed by atoms with Crippen LogP contribution < -0.4 is 5.56 Å². The molecule has 1 atom stereocenters. The Morgan fingerprint density at radius 1 is 1.20 bits per heavy atom. The number of para-hydroxylation sites is 1. The summed E-state index contributed by atoms with van der Waals surface area (Å²) in [6, 6.07) is 10.5. The van der Waals surface area contributed by atoms with Crippen LogP contribution in [0.2, 0.25) is 0 Å². The summed E-state index contributed by atoms with van der Waals surface area (Å²) < 4.78 is 5.39. The molecule has 3 rings (SSSR count). The highest BCUT2D eigenvalue weighted by atomic mass is 16.3. The fraction of sp³-hybridized carbons (Fsp3) is 0.316. The Morgan fingerprint density at radius 2 is 1.96 bits per heavy atom. The molecule has 0 saturated heterocycles. The maximum absolute atomic E-state index is 13.1. The molecule has 1 aromatic carbocycles. The lowest BCUT2D eigenvalue weighted by molar-refractivity contribution is 0.0598. The first kappa shape index (κ1) is 17.0. The lowest BCUT2D eigenvalue weighted by Gasteiger charge is -2.30. The monoisotopic (exact) mass is 339 g/mol. The minimum atomic E-state index is -0.319. The molecule has 1 N–H and O–H groups in total. The molecule has 0 spiro atoms. The van der Waals surface area contributed by atoms with E-state index >= 15 is 0 Å². The number of H-pyrrole nitrogens is 1. The van der Waals surface area contributed by atoms with Gasteiger partial charge in [0, 0.05) is 6.04 Å². The molecule has 1 amide bonds. The fourth-order valence-electron chi connectivity index (χ4n) is 2.65. The predicted molar refractivity (Wildman–Crippen MR) is 95.2 cm³/mol. The number of carbonyl (C=O) groups excluding carboxylic acids is 1. The van der Waals surface area contributed by atoms with Gasteiger partial charge < -0.3 is 14.3 Å². The van der Waals surface area contributed by atoms with Gasteiger partial charge in [0.25, 0.3) is 11.5 Å². The standard InChI is InChI=1S/C19H21N3O3/c1-12(2)13(3)22(11-14-7-6-10-25-14)19(24)17-20-16-9-5-4-8-15(16)18(23)21-17/h4-10,12-13H,11H2,1-3H3,(H,20,21,23)/t13-/m0/s1. The predicted octanol–water partition coefficient (Wildman–Crippen LogP) is 3.20. The molecule has 25 heavy (non-hydrogen) atoms. The van der Waals surface area contributed by atoms with Crippen LogP contribution in [0.3, 0.4) is 0 Å². The molecule has 0 fully saturated rings. The number of nitrogens with zero attached hydrogens (tertiary/aromatic N) is 2. The van der Waals surface area contributed by atoms with Gasteiger partial charge in [-0.15, -0.1) is 0 Å². The Hall–Kier alpha value is -2.89. The van der Waals surface area contributed by atoms with Crippen LogP contribution in [-0.2, 0) is 6.54 Å². The molecule has 6 heteroatoms. The number of hydrogen-bond donors (Lipinski definition) is 1. The molecule has 0 unspecified atom stereocenters. The first-order valence-corrected chi connectivity index (χ1v) is 8.29. The lowest BCUT2D eigenvalue weighted by atomic mass is 10.0. The van der Waals surface area contributed by atoms with Gasteiger partial charge in [-0.2, -0.15) is 0 Å². The summed E-state index contributed by atoms with van der Waals surface area (Å²) in [6.45, 7) is 6.39. The molecule has 0 aliphatic carbocycles. The van der Waals surface area contributed by atoms with Crippen molar-refractivity contribution in [1.82, 2.24) is 14.9 Å². The van der Waals surface area contributed by atoms with Crippen LogP contribution in [0.15, 0.2) is 51.9 Å². The zero-order chi connectivity index (χ0) is 18.0. The Labute approximate surface area is 145 Å². The number of carbonyl (C=O) groups is 1. The van der Waals surface area contributed by atoms with Crippen LogP contribution in [0, 0.1) is 5.92 Å². The van der Waals surface area contributed by atoms with Gasteiger partial charge in [0.2, 0.25) is 0 Å². The number of furan rings is 1. The highest BCUT2D eigenvalue weighted by molar-refractivity contribution is 5.92. The SMILES string of the molecule is CC(C)[C@H](C)N(Cc1ccco1)C(=O)c1nc2ccccc2c(=O)[nH]1. The summed E-state index contributed by atoms with van der Waals surface area (Å²) in [5.41, 5.74) is 0.189. The average Bonchev–Trinajstić information content (AvgIpc) is 3.11. The van der Waals surface area contributed by atoms with Crippen LogP contribution in [0.4, 0.5) is 0 Å². The second-order valence-corrected chi connectivity index (χ2v) is 6.43.